The van der Waals surface area contributed by atoms with Crippen molar-refractivity contribution in [1.82, 2.24) is 9.55 Å². The van der Waals surface area contributed by atoms with E-state index in [1.165, 1.54) is 16.7 Å². The molecule has 0 saturated heterocycles. The summed E-state index contributed by atoms with van der Waals surface area (Å²) in [6, 6.07) is 27.5. The maximum absolute atomic E-state index is 14.2. The predicted octanol–water partition coefficient (Wildman–Crippen LogP) is 6.58. The van der Waals surface area contributed by atoms with E-state index in [-0.39, 0.29) is 29.9 Å². The number of nitrogens with one attached hydrogen (secondary N) is 1. The minimum atomic E-state index is -1.26. The van der Waals surface area contributed by atoms with E-state index in [1.807, 2.05) is 60.7 Å². The Labute approximate surface area is 239 Å². The number of fused-ring (bicyclic) bond motifs is 2. The van der Waals surface area contributed by atoms with Gasteiger partial charge in [0, 0.05) is 35.5 Å². The van der Waals surface area contributed by atoms with Crippen molar-refractivity contribution in [3.05, 3.63) is 147 Å². The Balaban J connectivity index is 1.49. The van der Waals surface area contributed by atoms with Crippen LogP contribution < -0.4 is 5.56 Å². The Morgan fingerprint density at radius 3 is 2.38 bits per heavy atom. The van der Waals surface area contributed by atoms with Gasteiger partial charge in [0.25, 0.3) is 5.56 Å². The summed E-state index contributed by atoms with van der Waals surface area (Å²) in [5.74, 6) is -4.18. The van der Waals surface area contributed by atoms with Crippen molar-refractivity contribution in [2.24, 2.45) is 7.05 Å². The number of aromatic amines is 1. The van der Waals surface area contributed by atoms with Crippen LogP contribution >= 0.6 is 0 Å². The molecule has 2 heterocycles. The van der Waals surface area contributed by atoms with Crippen LogP contribution in [-0.4, -0.2) is 27.2 Å². The number of esters is 1. The standard InChI is InChI=1S/C34H26F2N2O4/c1-38-27-17-8-6-13-23(27)32(39)29(33(38)40)28(20-10-3-2-4-11-20)31-22(21-12-5-7-16-26(21)37-31)18-19-42-34(41)24-14-9-15-25(35)30(24)36/h2-17,28,37,39H,18-19H2,1H3. The number of hydrogen-bond donors (Lipinski definition) is 2. The fourth-order valence-electron chi connectivity index (χ4n) is 5.61. The van der Waals surface area contributed by atoms with E-state index in [1.54, 1.807) is 25.2 Å². The lowest BCUT2D eigenvalue weighted by molar-refractivity contribution is 0.0502. The highest BCUT2D eigenvalue weighted by atomic mass is 19.2. The van der Waals surface area contributed by atoms with Crippen molar-refractivity contribution in [2.75, 3.05) is 6.61 Å². The minimum absolute atomic E-state index is 0.111. The first-order valence-electron chi connectivity index (χ1n) is 13.4. The lowest BCUT2D eigenvalue weighted by atomic mass is 9.85. The zero-order valence-corrected chi connectivity index (χ0v) is 22.6. The van der Waals surface area contributed by atoms with Gasteiger partial charge in [-0.1, -0.05) is 66.7 Å². The second-order valence-electron chi connectivity index (χ2n) is 10.0. The minimum Gasteiger partial charge on any atom is -0.507 e. The summed E-state index contributed by atoms with van der Waals surface area (Å²) in [5, 5.41) is 13.0. The van der Waals surface area contributed by atoms with Crippen LogP contribution in [0.4, 0.5) is 8.78 Å². The van der Waals surface area contributed by atoms with Crippen LogP contribution in [0.1, 0.15) is 38.7 Å². The van der Waals surface area contributed by atoms with Gasteiger partial charge in [-0.2, -0.15) is 0 Å². The molecule has 8 heteroatoms. The van der Waals surface area contributed by atoms with Crippen LogP contribution in [0.3, 0.4) is 0 Å². The molecular formula is C34H26F2N2O4. The summed E-state index contributed by atoms with van der Waals surface area (Å²) in [6.07, 6.45) is 0.208. The first kappa shape index (κ1) is 27.0. The fourth-order valence-corrected chi connectivity index (χ4v) is 5.61. The summed E-state index contributed by atoms with van der Waals surface area (Å²) in [6.45, 7) is -0.132. The number of rotatable bonds is 7. The topological polar surface area (TPSA) is 84.3 Å². The number of carbonyl (C=O) groups is 1. The van der Waals surface area contributed by atoms with E-state index in [0.717, 1.165) is 28.1 Å². The molecular weight excluding hydrogens is 538 g/mol. The van der Waals surface area contributed by atoms with E-state index in [0.29, 0.717) is 16.6 Å². The van der Waals surface area contributed by atoms with Gasteiger partial charge in [0.15, 0.2) is 11.6 Å². The monoisotopic (exact) mass is 564 g/mol. The third kappa shape index (κ3) is 4.60. The summed E-state index contributed by atoms with van der Waals surface area (Å²) >= 11 is 0. The quantitative estimate of drug-likeness (QED) is 0.215. The van der Waals surface area contributed by atoms with Crippen LogP contribution in [-0.2, 0) is 18.2 Å². The lowest BCUT2D eigenvalue weighted by Gasteiger charge is -2.22. The number of carbonyl (C=O) groups excluding carboxylic acids is 1. The van der Waals surface area contributed by atoms with Gasteiger partial charge in [0.05, 0.1) is 29.2 Å². The molecule has 42 heavy (non-hydrogen) atoms. The molecule has 0 aliphatic carbocycles. The van der Waals surface area contributed by atoms with Crippen molar-refractivity contribution in [2.45, 2.75) is 12.3 Å². The number of halogens is 2. The van der Waals surface area contributed by atoms with Crippen molar-refractivity contribution in [1.29, 1.82) is 0 Å². The van der Waals surface area contributed by atoms with Crippen molar-refractivity contribution >= 4 is 27.8 Å². The maximum Gasteiger partial charge on any atom is 0.341 e. The van der Waals surface area contributed by atoms with E-state index >= 15 is 0 Å². The molecule has 0 radical (unpaired) electrons. The number of aromatic nitrogens is 2. The Morgan fingerprint density at radius 1 is 0.905 bits per heavy atom. The van der Waals surface area contributed by atoms with Crippen LogP contribution in [0.15, 0.2) is 102 Å². The molecule has 0 aliphatic rings. The van der Waals surface area contributed by atoms with Gasteiger partial charge < -0.3 is 19.4 Å². The van der Waals surface area contributed by atoms with Gasteiger partial charge in [-0.25, -0.2) is 13.6 Å². The summed E-state index contributed by atoms with van der Waals surface area (Å²) in [5.41, 5.74) is 2.95. The summed E-state index contributed by atoms with van der Waals surface area (Å²) in [4.78, 5) is 30.0. The van der Waals surface area contributed by atoms with E-state index in [2.05, 4.69) is 4.98 Å². The molecule has 6 aromatic rings. The van der Waals surface area contributed by atoms with Crippen LogP contribution in [0.5, 0.6) is 5.75 Å². The molecule has 0 spiro atoms. The lowest BCUT2D eigenvalue weighted by Crippen LogP contribution is -2.25. The van der Waals surface area contributed by atoms with Gasteiger partial charge >= 0.3 is 5.97 Å². The largest absolute Gasteiger partial charge is 0.507 e. The average Bonchev–Trinajstić information content (AvgIpc) is 3.37. The average molecular weight is 565 g/mol. The third-order valence-electron chi connectivity index (χ3n) is 7.62. The molecule has 210 valence electrons. The predicted molar refractivity (Wildman–Crippen MR) is 157 cm³/mol. The molecule has 1 unspecified atom stereocenters. The van der Waals surface area contributed by atoms with E-state index in [9.17, 15) is 23.5 Å². The number of para-hydroxylation sites is 2. The Kier molecular flexibility index (Phi) is 7.04. The highest BCUT2D eigenvalue weighted by Crippen LogP contribution is 2.41. The molecule has 0 amide bonds. The molecule has 0 fully saturated rings. The van der Waals surface area contributed by atoms with Gasteiger partial charge in [-0.05, 0) is 41.5 Å². The molecule has 2 aromatic heterocycles. The SMILES string of the molecule is Cn1c(=O)c(C(c2ccccc2)c2[nH]c3ccccc3c2CCOC(=O)c2cccc(F)c2F)c(O)c2ccccc21. The second kappa shape index (κ2) is 11.0. The highest BCUT2D eigenvalue weighted by Gasteiger charge is 2.30. The van der Waals surface area contributed by atoms with Crippen molar-refractivity contribution in [3.63, 3.8) is 0 Å². The van der Waals surface area contributed by atoms with Gasteiger partial charge in [-0.15, -0.1) is 0 Å². The number of benzene rings is 4. The normalized spacial score (nSPS) is 12.1. The Hall–Kier alpha value is -5.24. The number of nitrogens with zero attached hydrogens (tertiary/aromatic N) is 1. The van der Waals surface area contributed by atoms with Crippen LogP contribution in [0, 0.1) is 11.6 Å². The molecule has 0 aliphatic heterocycles. The smallest absolute Gasteiger partial charge is 0.341 e. The molecule has 0 bridgehead atoms. The van der Waals surface area contributed by atoms with Gasteiger partial charge in [-0.3, -0.25) is 4.79 Å². The number of aryl methyl sites for hydroxylation is 1. The first-order chi connectivity index (χ1) is 20.4. The fraction of sp³-hybridized carbons (Fsp3) is 0.118. The molecule has 1 atom stereocenters. The number of ether oxygens (including phenoxy) is 1. The molecule has 6 nitrogen and oxygen atoms in total. The second-order valence-corrected chi connectivity index (χ2v) is 10.0. The van der Waals surface area contributed by atoms with Crippen LogP contribution in [0.25, 0.3) is 21.8 Å². The van der Waals surface area contributed by atoms with Crippen LogP contribution in [0.2, 0.25) is 0 Å². The van der Waals surface area contributed by atoms with Crippen molar-refractivity contribution < 1.29 is 23.4 Å². The summed E-state index contributed by atoms with van der Waals surface area (Å²) in [7, 11) is 1.67. The zero-order valence-electron chi connectivity index (χ0n) is 22.6. The number of hydrogen-bond acceptors (Lipinski definition) is 4. The Morgan fingerprint density at radius 2 is 1.60 bits per heavy atom. The Bertz CT molecular complexity index is 2010. The molecule has 6 rings (SSSR count). The summed E-state index contributed by atoms with van der Waals surface area (Å²) < 4.78 is 34.8. The maximum atomic E-state index is 14.2. The zero-order chi connectivity index (χ0) is 29.4. The first-order valence-corrected chi connectivity index (χ1v) is 13.4. The van der Waals surface area contributed by atoms with Crippen molar-refractivity contribution in [3.8, 4) is 5.75 Å². The van der Waals surface area contributed by atoms with Gasteiger partial charge in [0.2, 0.25) is 0 Å². The number of aromatic hydroxyl groups is 1. The molecule has 4 aromatic carbocycles. The number of pyridine rings is 1. The third-order valence-corrected chi connectivity index (χ3v) is 7.62. The molecule has 2 N–H and O–H groups in total. The highest BCUT2D eigenvalue weighted by molar-refractivity contribution is 5.90. The van der Waals surface area contributed by atoms with Gasteiger partial charge in [0.1, 0.15) is 5.75 Å². The number of H-pyrrole nitrogens is 1. The van der Waals surface area contributed by atoms with E-state index < -0.39 is 29.1 Å². The van der Waals surface area contributed by atoms with E-state index in [4.69, 9.17) is 4.74 Å². The molecule has 0 saturated carbocycles.